The second-order valence-corrected chi connectivity index (χ2v) is 7.37. The Morgan fingerprint density at radius 1 is 1.19 bits per heavy atom. The summed E-state index contributed by atoms with van der Waals surface area (Å²) in [4.78, 5) is 40.4. The number of carbonyl (C=O) groups excluding carboxylic acids is 2. The average molecular weight is 376 g/mol. The average Bonchev–Trinajstić information content (AvgIpc) is 3.10. The van der Waals surface area contributed by atoms with Gasteiger partial charge in [0.15, 0.2) is 0 Å². The summed E-state index contributed by atoms with van der Waals surface area (Å²) in [6.07, 6.45) is 0.907. The Balaban J connectivity index is 2.41. The summed E-state index contributed by atoms with van der Waals surface area (Å²) >= 11 is 0. The van der Waals surface area contributed by atoms with Crippen LogP contribution in [0.3, 0.4) is 0 Å². The van der Waals surface area contributed by atoms with E-state index in [1.807, 2.05) is 30.3 Å². The normalized spacial score (nSPS) is 20.6. The van der Waals surface area contributed by atoms with Gasteiger partial charge in [-0.15, -0.1) is 0 Å². The third kappa shape index (κ3) is 4.13. The highest BCUT2D eigenvalue weighted by Gasteiger charge is 2.52. The maximum Gasteiger partial charge on any atom is 0.326 e. The summed E-state index contributed by atoms with van der Waals surface area (Å²) in [5, 5.41) is 19.6. The molecule has 0 bridgehead atoms. The Kier molecular flexibility index (Phi) is 6.59. The van der Waals surface area contributed by atoms with Crippen molar-refractivity contribution in [2.75, 3.05) is 13.2 Å². The molecular weight excluding hydrogens is 348 g/mol. The van der Waals surface area contributed by atoms with E-state index in [0.29, 0.717) is 19.4 Å². The van der Waals surface area contributed by atoms with Crippen molar-refractivity contribution in [2.45, 2.75) is 51.7 Å². The molecule has 2 rings (SSSR count). The second-order valence-electron chi connectivity index (χ2n) is 7.37. The number of aliphatic carboxylic acids is 1. The molecule has 0 saturated carbocycles. The molecule has 2 N–H and O–H groups in total. The fourth-order valence-corrected chi connectivity index (χ4v) is 3.53. The maximum absolute atomic E-state index is 13.5. The van der Waals surface area contributed by atoms with Crippen LogP contribution in [0.4, 0.5) is 0 Å². The quantitative estimate of drug-likeness (QED) is 0.751. The number of aliphatic hydroxyl groups excluding tert-OH is 1. The number of carboxylic acids is 1. The van der Waals surface area contributed by atoms with Crippen molar-refractivity contribution < 1.29 is 24.6 Å². The summed E-state index contributed by atoms with van der Waals surface area (Å²) in [5.74, 6) is -2.18. The molecule has 1 fully saturated rings. The van der Waals surface area contributed by atoms with Crippen LogP contribution in [0.25, 0.3) is 0 Å². The zero-order chi connectivity index (χ0) is 20.2. The van der Waals surface area contributed by atoms with Crippen LogP contribution in [-0.2, 0) is 20.9 Å². The van der Waals surface area contributed by atoms with Gasteiger partial charge in [-0.3, -0.25) is 9.59 Å². The lowest BCUT2D eigenvalue weighted by Gasteiger charge is -2.41. The number of carboxylic acid groups (broad SMARTS) is 1. The lowest BCUT2D eigenvalue weighted by Crippen LogP contribution is -2.63. The Morgan fingerprint density at radius 2 is 1.81 bits per heavy atom. The standard InChI is InChI=1S/C20H28N2O5/c1-14(2)17(24)22-11-7-10-20(22,13-23)19(27)21(15(3)18(25)26)12-16-8-5-4-6-9-16/h4-6,8-9,14-15,23H,7,10-13H2,1-3H3,(H,25,26)/t15?,20-/m1/s1. The molecule has 27 heavy (non-hydrogen) atoms. The van der Waals surface area contributed by atoms with Gasteiger partial charge in [-0.05, 0) is 25.3 Å². The number of hydrogen-bond donors (Lipinski definition) is 2. The van der Waals surface area contributed by atoms with E-state index in [0.717, 1.165) is 5.56 Å². The van der Waals surface area contributed by atoms with Gasteiger partial charge in [-0.2, -0.15) is 0 Å². The first-order valence-corrected chi connectivity index (χ1v) is 9.24. The molecule has 1 heterocycles. The number of hydrogen-bond acceptors (Lipinski definition) is 4. The van der Waals surface area contributed by atoms with E-state index in [-0.39, 0.29) is 18.4 Å². The van der Waals surface area contributed by atoms with Crippen molar-refractivity contribution in [1.82, 2.24) is 9.80 Å². The molecule has 0 aromatic heterocycles. The van der Waals surface area contributed by atoms with Crippen molar-refractivity contribution >= 4 is 17.8 Å². The first-order chi connectivity index (χ1) is 12.7. The molecule has 2 atom stereocenters. The molecule has 1 aromatic rings. The Hall–Kier alpha value is -2.41. The van der Waals surface area contributed by atoms with Gasteiger partial charge in [0.25, 0.3) is 5.91 Å². The Morgan fingerprint density at radius 3 is 2.33 bits per heavy atom. The van der Waals surface area contributed by atoms with Gasteiger partial charge in [-0.25, -0.2) is 4.79 Å². The van der Waals surface area contributed by atoms with E-state index in [9.17, 15) is 24.6 Å². The first-order valence-electron chi connectivity index (χ1n) is 9.24. The summed E-state index contributed by atoms with van der Waals surface area (Å²) in [6, 6.07) is 8.01. The van der Waals surface area contributed by atoms with E-state index in [4.69, 9.17) is 0 Å². The second kappa shape index (κ2) is 8.52. The van der Waals surface area contributed by atoms with E-state index >= 15 is 0 Å². The van der Waals surface area contributed by atoms with Gasteiger partial charge >= 0.3 is 5.97 Å². The van der Waals surface area contributed by atoms with Gasteiger partial charge in [0.2, 0.25) is 5.91 Å². The largest absolute Gasteiger partial charge is 0.480 e. The summed E-state index contributed by atoms with van der Waals surface area (Å²) in [5.41, 5.74) is -0.619. The summed E-state index contributed by atoms with van der Waals surface area (Å²) in [6.45, 7) is 4.88. The molecule has 0 aliphatic carbocycles. The highest BCUT2D eigenvalue weighted by atomic mass is 16.4. The fraction of sp³-hybridized carbons (Fsp3) is 0.550. The van der Waals surface area contributed by atoms with E-state index in [1.165, 1.54) is 16.7 Å². The van der Waals surface area contributed by atoms with Crippen molar-refractivity contribution in [3.05, 3.63) is 35.9 Å². The van der Waals surface area contributed by atoms with E-state index in [2.05, 4.69) is 0 Å². The van der Waals surface area contributed by atoms with Crippen LogP contribution >= 0.6 is 0 Å². The monoisotopic (exact) mass is 376 g/mol. The predicted octanol–water partition coefficient (Wildman–Crippen LogP) is 1.50. The van der Waals surface area contributed by atoms with Crippen LogP contribution in [0.1, 0.15) is 39.2 Å². The van der Waals surface area contributed by atoms with Crippen molar-refractivity contribution in [3.8, 4) is 0 Å². The summed E-state index contributed by atoms with van der Waals surface area (Å²) < 4.78 is 0. The first kappa shape index (κ1) is 20.9. The molecule has 7 heteroatoms. The van der Waals surface area contributed by atoms with Crippen molar-refractivity contribution in [2.24, 2.45) is 5.92 Å². The molecular formula is C20H28N2O5. The molecule has 1 aliphatic rings. The van der Waals surface area contributed by atoms with Gasteiger partial charge in [0.1, 0.15) is 11.6 Å². The van der Waals surface area contributed by atoms with Crippen LogP contribution in [0, 0.1) is 5.92 Å². The van der Waals surface area contributed by atoms with Crippen LogP contribution < -0.4 is 0 Å². The van der Waals surface area contributed by atoms with Crippen LogP contribution in [0.5, 0.6) is 0 Å². The highest BCUT2D eigenvalue weighted by molar-refractivity contribution is 5.94. The zero-order valence-electron chi connectivity index (χ0n) is 16.1. The number of rotatable bonds is 7. The number of aliphatic hydroxyl groups is 1. The lowest BCUT2D eigenvalue weighted by molar-refractivity contribution is -0.162. The number of benzene rings is 1. The number of likely N-dealkylation sites (tertiary alicyclic amines) is 1. The third-order valence-electron chi connectivity index (χ3n) is 5.19. The highest BCUT2D eigenvalue weighted by Crippen LogP contribution is 2.33. The molecule has 1 aliphatic heterocycles. The van der Waals surface area contributed by atoms with Gasteiger partial charge in [0, 0.05) is 19.0 Å². The summed E-state index contributed by atoms with van der Waals surface area (Å²) in [7, 11) is 0. The minimum atomic E-state index is -1.40. The number of amides is 2. The molecule has 0 radical (unpaired) electrons. The van der Waals surface area contributed by atoms with Crippen LogP contribution in [0.2, 0.25) is 0 Å². The number of carbonyl (C=O) groups is 3. The third-order valence-corrected chi connectivity index (χ3v) is 5.19. The molecule has 1 saturated heterocycles. The topological polar surface area (TPSA) is 98.2 Å². The molecule has 0 spiro atoms. The Bertz CT molecular complexity index is 691. The molecule has 1 unspecified atom stereocenters. The minimum Gasteiger partial charge on any atom is -0.480 e. The molecule has 148 valence electrons. The van der Waals surface area contributed by atoms with Gasteiger partial charge in [0.05, 0.1) is 6.61 Å². The predicted molar refractivity (Wildman–Crippen MR) is 99.7 cm³/mol. The van der Waals surface area contributed by atoms with Gasteiger partial charge in [-0.1, -0.05) is 44.2 Å². The SMILES string of the molecule is CC(C)C(=O)N1CCC[C@@]1(CO)C(=O)N(Cc1ccccc1)C(C)C(=O)O. The Labute approximate surface area is 159 Å². The zero-order valence-corrected chi connectivity index (χ0v) is 16.1. The molecule has 7 nitrogen and oxygen atoms in total. The fourth-order valence-electron chi connectivity index (χ4n) is 3.53. The van der Waals surface area contributed by atoms with Gasteiger partial charge < -0.3 is 20.0 Å². The lowest BCUT2D eigenvalue weighted by atomic mass is 9.93. The maximum atomic E-state index is 13.5. The van der Waals surface area contributed by atoms with E-state index < -0.39 is 30.1 Å². The van der Waals surface area contributed by atoms with E-state index in [1.54, 1.807) is 13.8 Å². The van der Waals surface area contributed by atoms with Crippen LogP contribution in [-0.4, -0.2) is 62.5 Å². The smallest absolute Gasteiger partial charge is 0.326 e. The number of nitrogens with zero attached hydrogens (tertiary/aromatic N) is 2. The van der Waals surface area contributed by atoms with Crippen LogP contribution in [0.15, 0.2) is 30.3 Å². The molecule has 2 amide bonds. The van der Waals surface area contributed by atoms with Crippen molar-refractivity contribution in [1.29, 1.82) is 0 Å². The van der Waals surface area contributed by atoms with Crippen molar-refractivity contribution in [3.63, 3.8) is 0 Å². The minimum absolute atomic E-state index is 0.0958. The molecule has 1 aromatic carbocycles.